The molecular formula is C58H52O. The molecule has 2 unspecified atom stereocenters. The smallest absolute Gasteiger partial charge is 0.136 e. The zero-order valence-electron chi connectivity index (χ0n) is 34.4. The molecule has 9 aromatic rings. The van der Waals surface area contributed by atoms with Gasteiger partial charge in [0, 0.05) is 10.8 Å². The van der Waals surface area contributed by atoms with E-state index >= 15 is 0 Å². The molecule has 0 spiro atoms. The lowest BCUT2D eigenvalue weighted by Gasteiger charge is -2.55. The van der Waals surface area contributed by atoms with Gasteiger partial charge in [0.05, 0.1) is 0 Å². The summed E-state index contributed by atoms with van der Waals surface area (Å²) in [6.07, 6.45) is 11.4. The Morgan fingerprint density at radius 1 is 0.576 bits per heavy atom. The average Bonchev–Trinajstić information content (AvgIpc) is 3.65. The molecule has 2 atom stereocenters. The van der Waals surface area contributed by atoms with Crippen molar-refractivity contribution in [3.8, 4) is 22.3 Å². The average molecular weight is 765 g/mol. The molecule has 1 heterocycles. The SMILES string of the molecule is C=CCC(CC)C(C)c1c2ccccc2c(-c2ccc3oc4cccc(-c5c6ccccc6c(C6C7CC8CC(C7)CC6C8)c6ccccc56)c4c3c2)c2ccccc12. The van der Waals surface area contributed by atoms with E-state index in [1.807, 2.05) is 0 Å². The summed E-state index contributed by atoms with van der Waals surface area (Å²) in [4.78, 5) is 0. The van der Waals surface area contributed by atoms with Crippen molar-refractivity contribution < 1.29 is 4.42 Å². The highest BCUT2D eigenvalue weighted by atomic mass is 16.3. The molecule has 290 valence electrons. The second-order valence-corrected chi connectivity index (χ2v) is 18.7. The molecule has 1 heteroatoms. The molecule has 4 fully saturated rings. The Morgan fingerprint density at radius 3 is 1.68 bits per heavy atom. The van der Waals surface area contributed by atoms with Gasteiger partial charge in [0.2, 0.25) is 0 Å². The monoisotopic (exact) mass is 764 g/mol. The molecule has 1 aromatic heterocycles. The number of benzene rings is 8. The minimum Gasteiger partial charge on any atom is -0.456 e. The molecule has 0 radical (unpaired) electrons. The molecule has 1 nitrogen and oxygen atoms in total. The van der Waals surface area contributed by atoms with Crippen LogP contribution in [0.1, 0.15) is 81.8 Å². The van der Waals surface area contributed by atoms with E-state index in [2.05, 4.69) is 160 Å². The first kappa shape index (κ1) is 35.3. The van der Waals surface area contributed by atoms with Crippen LogP contribution in [-0.4, -0.2) is 0 Å². The summed E-state index contributed by atoms with van der Waals surface area (Å²) in [6, 6.07) is 50.7. The van der Waals surface area contributed by atoms with Gasteiger partial charge in [-0.05, 0) is 175 Å². The highest BCUT2D eigenvalue weighted by molar-refractivity contribution is 6.23. The van der Waals surface area contributed by atoms with Gasteiger partial charge in [-0.3, -0.25) is 0 Å². The van der Waals surface area contributed by atoms with Crippen molar-refractivity contribution in [2.75, 3.05) is 0 Å². The quantitative estimate of drug-likeness (QED) is 0.111. The number of fused-ring (bicyclic) bond motifs is 7. The lowest BCUT2D eigenvalue weighted by Crippen LogP contribution is -2.43. The van der Waals surface area contributed by atoms with Gasteiger partial charge in [0.25, 0.3) is 0 Å². The minimum atomic E-state index is 0.393. The number of hydrogen-bond donors (Lipinski definition) is 0. The standard InChI is InChI=1S/C58H52O/c1-4-15-37(5-2)34(3)53-41-16-6-8-18-43(41)55(44-19-9-7-17-42(44)53)38-26-27-51-50(33-38)57-49(24-14-25-52(57)59-51)56-45-20-10-12-22-47(45)58(48-23-13-11-21-46(48)56)54-39-29-35-28-36(31-39)32-40(54)30-35/h4,6-14,16-27,33-37,39-40,54H,1,5,15,28-32H2,2-3H3. The molecule has 0 amide bonds. The Morgan fingerprint density at radius 2 is 1.12 bits per heavy atom. The second kappa shape index (κ2) is 13.7. The molecule has 0 aliphatic heterocycles. The first-order chi connectivity index (χ1) is 29.1. The topological polar surface area (TPSA) is 13.1 Å². The summed E-state index contributed by atoms with van der Waals surface area (Å²) in [7, 11) is 0. The molecule has 4 aliphatic rings. The van der Waals surface area contributed by atoms with Crippen molar-refractivity contribution in [2.45, 2.75) is 70.6 Å². The van der Waals surface area contributed by atoms with Crippen LogP contribution in [0.2, 0.25) is 0 Å². The van der Waals surface area contributed by atoms with Crippen LogP contribution in [0.25, 0.3) is 87.3 Å². The maximum Gasteiger partial charge on any atom is 0.136 e. The zero-order valence-corrected chi connectivity index (χ0v) is 34.4. The Kier molecular flexibility index (Phi) is 8.20. The third-order valence-corrected chi connectivity index (χ3v) is 15.7. The Hall–Kier alpha value is -5.66. The molecule has 13 rings (SSSR count). The summed E-state index contributed by atoms with van der Waals surface area (Å²) >= 11 is 0. The van der Waals surface area contributed by atoms with Crippen LogP contribution in [0.4, 0.5) is 0 Å². The Labute approximate surface area is 347 Å². The second-order valence-electron chi connectivity index (χ2n) is 18.7. The highest BCUT2D eigenvalue weighted by Gasteiger charge is 2.49. The van der Waals surface area contributed by atoms with Gasteiger partial charge >= 0.3 is 0 Å². The van der Waals surface area contributed by atoms with Gasteiger partial charge in [0.1, 0.15) is 11.2 Å². The number of hydrogen-bond acceptors (Lipinski definition) is 1. The molecular weight excluding hydrogens is 713 g/mol. The van der Waals surface area contributed by atoms with Crippen molar-refractivity contribution in [1.82, 2.24) is 0 Å². The van der Waals surface area contributed by atoms with Crippen LogP contribution < -0.4 is 0 Å². The van der Waals surface area contributed by atoms with Gasteiger partial charge in [-0.25, -0.2) is 0 Å². The van der Waals surface area contributed by atoms with Gasteiger partial charge < -0.3 is 4.42 Å². The largest absolute Gasteiger partial charge is 0.456 e. The van der Waals surface area contributed by atoms with Crippen LogP contribution >= 0.6 is 0 Å². The zero-order chi connectivity index (χ0) is 39.4. The van der Waals surface area contributed by atoms with Crippen molar-refractivity contribution in [3.63, 3.8) is 0 Å². The summed E-state index contributed by atoms with van der Waals surface area (Å²) in [5.74, 6) is 5.11. The van der Waals surface area contributed by atoms with E-state index in [-0.39, 0.29) is 0 Å². The lowest BCUT2D eigenvalue weighted by molar-refractivity contribution is -0.00185. The summed E-state index contributed by atoms with van der Waals surface area (Å²) in [6.45, 7) is 8.88. The van der Waals surface area contributed by atoms with E-state index in [1.54, 1.807) is 5.56 Å². The van der Waals surface area contributed by atoms with Gasteiger partial charge in [-0.2, -0.15) is 0 Å². The normalized spacial score (nSPS) is 22.3. The molecule has 4 bridgehead atoms. The van der Waals surface area contributed by atoms with E-state index in [4.69, 9.17) is 4.42 Å². The molecule has 0 saturated heterocycles. The van der Waals surface area contributed by atoms with Crippen molar-refractivity contribution in [1.29, 1.82) is 0 Å². The third-order valence-electron chi connectivity index (χ3n) is 15.7. The third kappa shape index (κ3) is 5.29. The fourth-order valence-corrected chi connectivity index (χ4v) is 13.5. The van der Waals surface area contributed by atoms with Crippen LogP contribution in [0.3, 0.4) is 0 Å². The number of allylic oxidation sites excluding steroid dienone is 1. The van der Waals surface area contributed by atoms with Gasteiger partial charge in [0.15, 0.2) is 0 Å². The predicted octanol–water partition coefficient (Wildman–Crippen LogP) is 16.8. The molecule has 4 aliphatic carbocycles. The fraction of sp³-hybridized carbons (Fsp3) is 0.276. The van der Waals surface area contributed by atoms with Crippen molar-refractivity contribution in [3.05, 3.63) is 157 Å². The van der Waals surface area contributed by atoms with E-state index in [1.165, 1.54) is 114 Å². The molecule has 4 saturated carbocycles. The molecule has 8 aromatic carbocycles. The molecule has 59 heavy (non-hydrogen) atoms. The number of rotatable bonds is 8. The maximum atomic E-state index is 6.79. The van der Waals surface area contributed by atoms with E-state index < -0.39 is 0 Å². The lowest BCUT2D eigenvalue weighted by atomic mass is 9.50. The van der Waals surface area contributed by atoms with Crippen LogP contribution in [-0.2, 0) is 0 Å². The number of furan rings is 1. The maximum absolute atomic E-state index is 6.79. The minimum absolute atomic E-state index is 0.393. The van der Waals surface area contributed by atoms with Crippen LogP contribution in [0.5, 0.6) is 0 Å². The summed E-state index contributed by atoms with van der Waals surface area (Å²) in [5, 5.41) is 13.4. The van der Waals surface area contributed by atoms with Gasteiger partial charge in [-0.15, -0.1) is 6.58 Å². The first-order valence-corrected chi connectivity index (χ1v) is 22.5. The van der Waals surface area contributed by atoms with E-state index in [0.717, 1.165) is 47.7 Å². The Balaban J connectivity index is 1.10. The summed E-state index contributed by atoms with van der Waals surface area (Å²) in [5.41, 5.74) is 10.1. The molecule has 0 N–H and O–H groups in total. The van der Waals surface area contributed by atoms with Gasteiger partial charge in [-0.1, -0.05) is 142 Å². The first-order valence-electron chi connectivity index (χ1n) is 22.5. The Bertz CT molecular complexity index is 3000. The highest BCUT2D eigenvalue weighted by Crippen LogP contribution is 2.62. The van der Waals surface area contributed by atoms with E-state index in [9.17, 15) is 0 Å². The van der Waals surface area contributed by atoms with Crippen LogP contribution in [0.15, 0.2) is 151 Å². The van der Waals surface area contributed by atoms with E-state index in [0.29, 0.717) is 17.8 Å². The van der Waals surface area contributed by atoms with Crippen molar-refractivity contribution in [2.24, 2.45) is 29.6 Å². The van der Waals surface area contributed by atoms with Crippen LogP contribution in [0, 0.1) is 29.6 Å². The fourth-order valence-electron chi connectivity index (χ4n) is 13.5. The van der Waals surface area contributed by atoms with Crippen molar-refractivity contribution >= 4 is 65.0 Å². The predicted molar refractivity (Wildman–Crippen MR) is 251 cm³/mol. The summed E-state index contributed by atoms with van der Waals surface area (Å²) < 4.78 is 6.79.